The molecule has 2 aromatic rings. The molecule has 20 heavy (non-hydrogen) atoms. The Kier molecular flexibility index (Phi) is 4.34. The molecule has 0 fully saturated rings. The van der Waals surface area contributed by atoms with Crippen molar-refractivity contribution in [3.63, 3.8) is 0 Å². The number of aromatic nitrogens is 2. The van der Waals surface area contributed by atoms with Crippen molar-refractivity contribution in [1.82, 2.24) is 15.3 Å². The molecule has 0 radical (unpaired) electrons. The minimum atomic E-state index is -0.653. The van der Waals surface area contributed by atoms with Crippen molar-refractivity contribution in [2.45, 2.75) is 32.9 Å². The standard InChI is InChI=1S/C14H18FN3O2/c1-8(2)12(19)6-14(20)16-7-13-17-10-4-3-9(15)5-11(10)18-13/h3-5,8,12,19H,6-7H2,1-2H3,(H,16,20)(H,17,18). The molecule has 1 aromatic carbocycles. The first-order valence-electron chi connectivity index (χ1n) is 6.54. The second-order valence-corrected chi connectivity index (χ2v) is 5.14. The van der Waals surface area contributed by atoms with Crippen molar-refractivity contribution in [2.75, 3.05) is 0 Å². The Hall–Kier alpha value is -1.95. The maximum Gasteiger partial charge on any atom is 0.222 e. The van der Waals surface area contributed by atoms with Crippen LogP contribution < -0.4 is 5.32 Å². The van der Waals surface area contributed by atoms with E-state index in [1.165, 1.54) is 12.1 Å². The van der Waals surface area contributed by atoms with E-state index in [-0.39, 0.29) is 30.6 Å². The number of hydrogen-bond donors (Lipinski definition) is 3. The monoisotopic (exact) mass is 279 g/mol. The topological polar surface area (TPSA) is 78.0 Å². The molecule has 0 aliphatic heterocycles. The van der Waals surface area contributed by atoms with Crippen molar-refractivity contribution in [3.05, 3.63) is 29.8 Å². The number of aliphatic hydroxyl groups excluding tert-OH is 1. The van der Waals surface area contributed by atoms with Crippen molar-refractivity contribution in [3.8, 4) is 0 Å². The van der Waals surface area contributed by atoms with Crippen molar-refractivity contribution >= 4 is 16.9 Å². The number of H-pyrrole nitrogens is 1. The molecule has 6 heteroatoms. The zero-order valence-corrected chi connectivity index (χ0v) is 11.5. The van der Waals surface area contributed by atoms with Gasteiger partial charge < -0.3 is 15.4 Å². The van der Waals surface area contributed by atoms with Gasteiger partial charge in [-0.2, -0.15) is 0 Å². The van der Waals surface area contributed by atoms with Crippen LogP contribution in [0.4, 0.5) is 4.39 Å². The molecule has 2 rings (SSSR count). The summed E-state index contributed by atoms with van der Waals surface area (Å²) in [6.45, 7) is 3.93. The summed E-state index contributed by atoms with van der Waals surface area (Å²) in [7, 11) is 0. The summed E-state index contributed by atoms with van der Waals surface area (Å²) in [6.07, 6.45) is -0.591. The minimum absolute atomic E-state index is 0.0370. The number of carbonyl (C=O) groups is 1. The molecule has 0 saturated carbocycles. The highest BCUT2D eigenvalue weighted by atomic mass is 19.1. The number of benzene rings is 1. The predicted octanol–water partition coefficient (Wildman–Crippen LogP) is 1.73. The van der Waals surface area contributed by atoms with E-state index < -0.39 is 6.10 Å². The van der Waals surface area contributed by atoms with E-state index >= 15 is 0 Å². The van der Waals surface area contributed by atoms with E-state index in [1.54, 1.807) is 6.07 Å². The Labute approximate surface area is 116 Å². The smallest absolute Gasteiger partial charge is 0.222 e. The first-order chi connectivity index (χ1) is 9.45. The third kappa shape index (κ3) is 3.54. The Morgan fingerprint density at radius 3 is 2.95 bits per heavy atom. The third-order valence-electron chi connectivity index (χ3n) is 3.11. The lowest BCUT2D eigenvalue weighted by molar-refractivity contribution is -0.123. The maximum absolute atomic E-state index is 13.0. The molecule has 0 aliphatic carbocycles. The van der Waals surface area contributed by atoms with E-state index in [9.17, 15) is 14.3 Å². The number of carbonyl (C=O) groups excluding carboxylic acids is 1. The first-order valence-corrected chi connectivity index (χ1v) is 6.54. The average molecular weight is 279 g/mol. The molecule has 0 aliphatic rings. The highest BCUT2D eigenvalue weighted by molar-refractivity contribution is 5.77. The summed E-state index contributed by atoms with van der Waals surface area (Å²) in [5.41, 5.74) is 1.24. The van der Waals surface area contributed by atoms with Gasteiger partial charge in [0.15, 0.2) is 0 Å². The fourth-order valence-corrected chi connectivity index (χ4v) is 1.80. The van der Waals surface area contributed by atoms with E-state index in [2.05, 4.69) is 15.3 Å². The van der Waals surface area contributed by atoms with Gasteiger partial charge in [0.2, 0.25) is 5.91 Å². The molecule has 0 spiro atoms. The molecule has 1 unspecified atom stereocenters. The SMILES string of the molecule is CC(C)C(O)CC(=O)NCc1nc2ccc(F)cc2[nH]1. The van der Waals surface area contributed by atoms with Crippen LogP contribution in [0.25, 0.3) is 11.0 Å². The van der Waals surface area contributed by atoms with Crippen LogP contribution in [0, 0.1) is 11.7 Å². The number of rotatable bonds is 5. The van der Waals surface area contributed by atoms with Gasteiger partial charge in [0, 0.05) is 0 Å². The van der Waals surface area contributed by atoms with Crippen molar-refractivity contribution in [1.29, 1.82) is 0 Å². The van der Waals surface area contributed by atoms with Gasteiger partial charge in [-0.1, -0.05) is 13.8 Å². The van der Waals surface area contributed by atoms with Gasteiger partial charge >= 0.3 is 0 Å². The van der Waals surface area contributed by atoms with Crippen LogP contribution in [-0.2, 0) is 11.3 Å². The molecule has 1 atom stereocenters. The molecule has 108 valence electrons. The quantitative estimate of drug-likeness (QED) is 0.780. The largest absolute Gasteiger partial charge is 0.392 e. The molecule has 1 aromatic heterocycles. The molecular formula is C14H18FN3O2. The van der Waals surface area contributed by atoms with Crippen LogP contribution in [0.5, 0.6) is 0 Å². The zero-order valence-electron chi connectivity index (χ0n) is 11.5. The summed E-state index contributed by atoms with van der Waals surface area (Å²) >= 11 is 0. The fraction of sp³-hybridized carbons (Fsp3) is 0.429. The Balaban J connectivity index is 1.94. The van der Waals surface area contributed by atoms with Gasteiger partial charge in [-0.3, -0.25) is 4.79 Å². The van der Waals surface area contributed by atoms with Gasteiger partial charge in [0.05, 0.1) is 30.1 Å². The second-order valence-electron chi connectivity index (χ2n) is 5.14. The van der Waals surface area contributed by atoms with Gasteiger partial charge in [0.25, 0.3) is 0 Å². The van der Waals surface area contributed by atoms with Crippen molar-refractivity contribution < 1.29 is 14.3 Å². The number of imidazole rings is 1. The number of nitrogens with zero attached hydrogens (tertiary/aromatic N) is 1. The first kappa shape index (κ1) is 14.5. The number of hydrogen-bond acceptors (Lipinski definition) is 3. The minimum Gasteiger partial charge on any atom is -0.392 e. The average Bonchev–Trinajstić information content (AvgIpc) is 2.78. The Morgan fingerprint density at radius 1 is 1.50 bits per heavy atom. The van der Waals surface area contributed by atoms with Crippen LogP contribution in [0.3, 0.4) is 0 Å². The molecule has 0 bridgehead atoms. The molecule has 1 heterocycles. The lowest BCUT2D eigenvalue weighted by atomic mass is 10.0. The van der Waals surface area contributed by atoms with Gasteiger partial charge in [-0.05, 0) is 24.1 Å². The normalized spacial score (nSPS) is 12.8. The summed E-state index contributed by atoms with van der Waals surface area (Å²) in [4.78, 5) is 18.8. The number of aliphatic hydroxyl groups is 1. The Bertz CT molecular complexity index is 609. The molecule has 5 nitrogen and oxygen atoms in total. The van der Waals surface area contributed by atoms with Gasteiger partial charge in [-0.15, -0.1) is 0 Å². The van der Waals surface area contributed by atoms with E-state index in [0.717, 1.165) is 0 Å². The van der Waals surface area contributed by atoms with Gasteiger partial charge in [0.1, 0.15) is 11.6 Å². The van der Waals surface area contributed by atoms with E-state index in [4.69, 9.17) is 0 Å². The lowest BCUT2D eigenvalue weighted by Crippen LogP contribution is -2.29. The summed E-state index contributed by atoms with van der Waals surface area (Å²) < 4.78 is 13.0. The summed E-state index contributed by atoms with van der Waals surface area (Å²) in [6, 6.07) is 4.27. The van der Waals surface area contributed by atoms with Crippen LogP contribution in [-0.4, -0.2) is 27.1 Å². The van der Waals surface area contributed by atoms with Crippen LogP contribution >= 0.6 is 0 Å². The van der Waals surface area contributed by atoms with Crippen LogP contribution in [0.1, 0.15) is 26.1 Å². The number of fused-ring (bicyclic) bond motifs is 1. The lowest BCUT2D eigenvalue weighted by Gasteiger charge is -2.13. The summed E-state index contributed by atoms with van der Waals surface area (Å²) in [5.74, 6) is 0.0162. The molecular weight excluding hydrogens is 261 g/mol. The maximum atomic E-state index is 13.0. The second kappa shape index (κ2) is 6.00. The third-order valence-corrected chi connectivity index (χ3v) is 3.11. The fourth-order valence-electron chi connectivity index (χ4n) is 1.80. The predicted molar refractivity (Wildman–Crippen MR) is 73.4 cm³/mol. The number of amides is 1. The summed E-state index contributed by atoms with van der Waals surface area (Å²) in [5, 5.41) is 12.3. The zero-order chi connectivity index (χ0) is 14.7. The molecule has 1 amide bonds. The van der Waals surface area contributed by atoms with Crippen LogP contribution in [0.2, 0.25) is 0 Å². The van der Waals surface area contributed by atoms with Gasteiger partial charge in [-0.25, -0.2) is 9.37 Å². The molecule has 0 saturated heterocycles. The number of nitrogens with one attached hydrogen (secondary N) is 2. The van der Waals surface area contributed by atoms with E-state index in [0.29, 0.717) is 16.9 Å². The van der Waals surface area contributed by atoms with Crippen LogP contribution in [0.15, 0.2) is 18.2 Å². The number of halogens is 1. The number of aromatic amines is 1. The molecule has 3 N–H and O–H groups in total. The highest BCUT2D eigenvalue weighted by Gasteiger charge is 2.14. The van der Waals surface area contributed by atoms with E-state index in [1.807, 2.05) is 13.8 Å². The highest BCUT2D eigenvalue weighted by Crippen LogP contribution is 2.13. The van der Waals surface area contributed by atoms with Crippen molar-refractivity contribution in [2.24, 2.45) is 5.92 Å². The Morgan fingerprint density at radius 2 is 2.25 bits per heavy atom.